The Bertz CT molecular complexity index is 1930. The molecule has 0 fully saturated rings. The molecule has 6 nitrogen and oxygen atoms in total. The van der Waals surface area contributed by atoms with Crippen LogP contribution in [0.3, 0.4) is 0 Å². The summed E-state index contributed by atoms with van der Waals surface area (Å²) < 4.78 is 27.4. The topological polar surface area (TPSA) is 69.6 Å². The van der Waals surface area contributed by atoms with Gasteiger partial charge in [-0.2, -0.15) is 9.78 Å². The molecule has 0 N–H and O–H groups in total. The largest absolute Gasteiger partial charge is 0.488 e. The van der Waals surface area contributed by atoms with E-state index in [1.807, 2.05) is 30.3 Å². The van der Waals surface area contributed by atoms with Crippen molar-refractivity contribution in [2.24, 2.45) is 5.10 Å². The summed E-state index contributed by atoms with van der Waals surface area (Å²) in [4.78, 5) is 18.3. The molecule has 0 aliphatic rings. The maximum Gasteiger partial charge on any atom is 0.282 e. The Labute approximate surface area is 235 Å². The summed E-state index contributed by atoms with van der Waals surface area (Å²) in [5, 5.41) is 6.25. The fourth-order valence-corrected chi connectivity index (χ4v) is 4.69. The van der Waals surface area contributed by atoms with Crippen LogP contribution in [0.15, 0.2) is 110 Å². The average molecular weight is 603 g/mol. The fraction of sp³-hybridized carbons (Fsp3) is 0.0333. The summed E-state index contributed by atoms with van der Waals surface area (Å²) in [7, 11) is 0. The van der Waals surface area contributed by atoms with Gasteiger partial charge in [0.1, 0.15) is 23.8 Å². The molecule has 6 aromatic rings. The molecule has 4 aromatic carbocycles. The van der Waals surface area contributed by atoms with Gasteiger partial charge in [-0.05, 0) is 72.3 Å². The van der Waals surface area contributed by atoms with Crippen LogP contribution in [0.1, 0.15) is 11.1 Å². The van der Waals surface area contributed by atoms with Crippen LogP contribution in [0.2, 0.25) is 5.02 Å². The van der Waals surface area contributed by atoms with Crippen molar-refractivity contribution in [3.05, 3.63) is 128 Å². The van der Waals surface area contributed by atoms with Crippen molar-refractivity contribution in [2.75, 3.05) is 0 Å². The van der Waals surface area contributed by atoms with E-state index >= 15 is 0 Å². The molecular formula is C30H18BrClFN3O3. The van der Waals surface area contributed by atoms with Gasteiger partial charge >= 0.3 is 0 Å². The minimum atomic E-state index is -0.357. The summed E-state index contributed by atoms with van der Waals surface area (Å²) >= 11 is 9.74. The standard InChI is InChI=1S/C30H18BrClFN3O3/c31-21-7-11-27-19(13-21)15-28(39-27)29-35-25-4-2-1-3-24(25)30(37)36(29)34-16-20-14-22(32)8-12-26(20)38-17-18-5-9-23(33)10-6-18/h1-16H,17H2. The highest BCUT2D eigenvalue weighted by Gasteiger charge is 2.17. The van der Waals surface area contributed by atoms with Crippen molar-refractivity contribution in [2.45, 2.75) is 6.61 Å². The predicted octanol–water partition coefficient (Wildman–Crippen LogP) is 7.83. The zero-order valence-corrected chi connectivity index (χ0v) is 22.5. The third kappa shape index (κ3) is 5.21. The van der Waals surface area contributed by atoms with Gasteiger partial charge in [0, 0.05) is 20.4 Å². The van der Waals surface area contributed by atoms with Gasteiger partial charge in [-0.15, -0.1) is 0 Å². The highest BCUT2D eigenvalue weighted by atomic mass is 79.9. The smallest absolute Gasteiger partial charge is 0.282 e. The molecule has 0 atom stereocenters. The number of ether oxygens (including phenoxy) is 1. The van der Waals surface area contributed by atoms with E-state index in [9.17, 15) is 9.18 Å². The van der Waals surface area contributed by atoms with Crippen LogP contribution >= 0.6 is 27.5 Å². The first-order valence-electron chi connectivity index (χ1n) is 11.9. The first kappa shape index (κ1) is 25.0. The number of hydrogen-bond acceptors (Lipinski definition) is 5. The van der Waals surface area contributed by atoms with E-state index < -0.39 is 0 Å². The molecule has 0 aliphatic carbocycles. The van der Waals surface area contributed by atoms with E-state index in [4.69, 9.17) is 25.7 Å². The number of furan rings is 1. The first-order chi connectivity index (χ1) is 18.9. The van der Waals surface area contributed by atoms with E-state index in [1.165, 1.54) is 23.0 Å². The molecule has 0 spiro atoms. The minimum absolute atomic E-state index is 0.208. The molecule has 0 aliphatic heterocycles. The van der Waals surface area contributed by atoms with E-state index in [2.05, 4.69) is 21.0 Å². The minimum Gasteiger partial charge on any atom is -0.488 e. The number of benzene rings is 4. The Morgan fingerprint density at radius 2 is 1.85 bits per heavy atom. The van der Waals surface area contributed by atoms with Crippen molar-refractivity contribution in [3.63, 3.8) is 0 Å². The second kappa shape index (κ2) is 10.5. The maximum absolute atomic E-state index is 13.6. The van der Waals surface area contributed by atoms with Gasteiger partial charge in [0.15, 0.2) is 5.76 Å². The van der Waals surface area contributed by atoms with Crippen LogP contribution in [-0.4, -0.2) is 15.9 Å². The lowest BCUT2D eigenvalue weighted by molar-refractivity contribution is 0.305. The quantitative estimate of drug-likeness (QED) is 0.182. The lowest BCUT2D eigenvalue weighted by Gasteiger charge is -2.11. The molecule has 39 heavy (non-hydrogen) atoms. The number of aromatic nitrogens is 2. The number of rotatable bonds is 6. The van der Waals surface area contributed by atoms with Crippen molar-refractivity contribution < 1.29 is 13.5 Å². The first-order valence-corrected chi connectivity index (χ1v) is 13.0. The Morgan fingerprint density at radius 3 is 2.69 bits per heavy atom. The summed E-state index contributed by atoms with van der Waals surface area (Å²) in [5.74, 6) is 0.810. The maximum atomic E-state index is 13.6. The molecule has 9 heteroatoms. The van der Waals surface area contributed by atoms with Gasteiger partial charge in [0.25, 0.3) is 5.56 Å². The third-order valence-corrected chi connectivity index (χ3v) is 6.77. The predicted molar refractivity (Wildman–Crippen MR) is 154 cm³/mol. The second-order valence-electron chi connectivity index (χ2n) is 8.70. The highest BCUT2D eigenvalue weighted by molar-refractivity contribution is 9.10. The van der Waals surface area contributed by atoms with E-state index in [0.29, 0.717) is 38.6 Å². The number of hydrogen-bond donors (Lipinski definition) is 0. The number of nitrogens with zero attached hydrogens (tertiary/aromatic N) is 3. The van der Waals surface area contributed by atoms with Crippen molar-refractivity contribution in [1.82, 2.24) is 9.66 Å². The molecule has 0 bridgehead atoms. The van der Waals surface area contributed by atoms with Gasteiger partial charge in [-0.25, -0.2) is 9.37 Å². The SMILES string of the molecule is O=c1c2ccccc2nc(-c2cc3cc(Br)ccc3o2)n1N=Cc1cc(Cl)ccc1OCc1ccc(F)cc1. The Morgan fingerprint density at radius 1 is 1.03 bits per heavy atom. The monoisotopic (exact) mass is 601 g/mol. The van der Waals surface area contributed by atoms with Gasteiger partial charge in [-0.3, -0.25) is 4.79 Å². The Balaban J connectivity index is 1.44. The Kier molecular flexibility index (Phi) is 6.72. The van der Waals surface area contributed by atoms with E-state index in [1.54, 1.807) is 48.5 Å². The third-order valence-electron chi connectivity index (χ3n) is 6.04. The van der Waals surface area contributed by atoms with Crippen molar-refractivity contribution in [3.8, 4) is 17.3 Å². The lowest BCUT2D eigenvalue weighted by Crippen LogP contribution is -2.20. The van der Waals surface area contributed by atoms with Gasteiger partial charge in [0.05, 0.1) is 17.1 Å². The summed E-state index contributed by atoms with van der Waals surface area (Å²) in [6.07, 6.45) is 1.49. The van der Waals surface area contributed by atoms with Crippen LogP contribution in [0.25, 0.3) is 33.5 Å². The molecule has 0 saturated heterocycles. The normalized spacial score (nSPS) is 11.6. The molecule has 6 rings (SSSR count). The molecule has 2 heterocycles. The fourth-order valence-electron chi connectivity index (χ4n) is 4.13. The van der Waals surface area contributed by atoms with Gasteiger partial charge in [0.2, 0.25) is 5.82 Å². The molecule has 0 amide bonds. The van der Waals surface area contributed by atoms with E-state index in [-0.39, 0.29) is 23.8 Å². The van der Waals surface area contributed by atoms with Crippen LogP contribution in [0, 0.1) is 5.82 Å². The van der Waals surface area contributed by atoms with E-state index in [0.717, 1.165) is 15.4 Å². The van der Waals surface area contributed by atoms with Crippen molar-refractivity contribution >= 4 is 55.6 Å². The van der Waals surface area contributed by atoms with Crippen LogP contribution in [-0.2, 0) is 6.61 Å². The molecular weight excluding hydrogens is 585 g/mol. The zero-order chi connectivity index (χ0) is 26.9. The number of halogens is 3. The van der Waals surface area contributed by atoms with Crippen LogP contribution in [0.4, 0.5) is 4.39 Å². The van der Waals surface area contributed by atoms with Gasteiger partial charge in [-0.1, -0.05) is 51.8 Å². The average Bonchev–Trinajstić information content (AvgIpc) is 3.36. The summed E-state index contributed by atoms with van der Waals surface area (Å²) in [5.41, 5.74) is 2.16. The summed E-state index contributed by atoms with van der Waals surface area (Å²) in [6, 6.07) is 25.7. The molecule has 0 unspecified atom stereocenters. The zero-order valence-electron chi connectivity index (χ0n) is 20.1. The molecule has 0 saturated carbocycles. The van der Waals surface area contributed by atoms with Gasteiger partial charge < -0.3 is 9.15 Å². The lowest BCUT2D eigenvalue weighted by atomic mass is 10.2. The summed E-state index contributed by atoms with van der Waals surface area (Å²) in [6.45, 7) is 0.208. The number of para-hydroxylation sites is 1. The van der Waals surface area contributed by atoms with Crippen LogP contribution in [0.5, 0.6) is 5.75 Å². The van der Waals surface area contributed by atoms with Crippen LogP contribution < -0.4 is 10.3 Å². The number of fused-ring (bicyclic) bond motifs is 2. The molecule has 192 valence electrons. The Hall–Kier alpha value is -4.27. The molecule has 0 radical (unpaired) electrons. The van der Waals surface area contributed by atoms with Crippen molar-refractivity contribution in [1.29, 1.82) is 0 Å². The highest BCUT2D eigenvalue weighted by Crippen LogP contribution is 2.29. The molecule has 2 aromatic heterocycles. The second-order valence-corrected chi connectivity index (χ2v) is 10.1.